The Morgan fingerprint density at radius 3 is 1.20 bits per heavy atom. The van der Waals surface area contributed by atoms with Gasteiger partial charge in [0.25, 0.3) is 0 Å². The van der Waals surface area contributed by atoms with Gasteiger partial charge in [-0.3, -0.25) is 19.6 Å². The molecule has 2 bridgehead atoms. The van der Waals surface area contributed by atoms with Crippen LogP contribution < -0.4 is 0 Å². The molecule has 6 aliphatic rings. The Labute approximate surface area is 334 Å². The molecule has 0 aromatic carbocycles. The van der Waals surface area contributed by atoms with Gasteiger partial charge >= 0.3 is 0 Å². The number of ether oxygens (including phenoxy) is 5. The Morgan fingerprint density at radius 2 is 0.926 bits per heavy atom. The summed E-state index contributed by atoms with van der Waals surface area (Å²) in [6.07, 6.45) is 5.74. The van der Waals surface area contributed by atoms with Gasteiger partial charge in [0.1, 0.15) is 13.2 Å². The minimum Gasteiger partial charge on any atom is -0.379 e. The van der Waals surface area contributed by atoms with E-state index in [-0.39, 0.29) is 5.54 Å². The second-order valence-electron chi connectivity index (χ2n) is 21.0. The van der Waals surface area contributed by atoms with Gasteiger partial charge in [0.05, 0.1) is 51.8 Å². The molecule has 2 unspecified atom stereocenters. The molecule has 0 aromatic heterocycles. The maximum absolute atomic E-state index is 5.78. The molecule has 4 atom stereocenters. The summed E-state index contributed by atoms with van der Waals surface area (Å²) in [6.45, 7) is 52.9. The minimum absolute atomic E-state index is 0.268. The van der Waals surface area contributed by atoms with Gasteiger partial charge in [0.15, 0.2) is 18.3 Å². The summed E-state index contributed by atoms with van der Waals surface area (Å²) in [6, 6.07) is 1.15. The van der Waals surface area contributed by atoms with E-state index in [1.807, 2.05) is 0 Å². The molecule has 0 spiro atoms. The van der Waals surface area contributed by atoms with Crippen LogP contribution in [0.15, 0.2) is 0 Å². The molecule has 0 saturated carbocycles. The summed E-state index contributed by atoms with van der Waals surface area (Å²) >= 11 is 0. The average Bonchev–Trinajstić information content (AvgIpc) is 3.41. The standard InChI is InChI=1S/C10H19NO.2C9H19NO.C8H17NO.C8H16NO/c1-10(2,3)11-6-8-4-5-9(7-11)12-8;2*1-8-7-11-6-5-10(8)9(2,3)4;2*1-8(2,3)9-4-6-10-7-5-9/h8-9H,4-7H2,1-3H3;2*8H,5-7H2,1-4H3;4-7H2,1-3H3;4H,5-7H2,1-3H3/q;;;;+1/t;2*8-;;/m.10../s1. The molecule has 54 heavy (non-hydrogen) atoms. The SMILES string of the molecule is CC(C)(C)N1CC2CCC(C1)O2.CC(C)(C)N1CCOCC1.CC(C)(C)[N+]1=CCOCC1.C[C@@H]1COCCN1C(C)(C)C.C[C@H]1COCCN1C(C)(C)C. The summed E-state index contributed by atoms with van der Waals surface area (Å²) < 4.78 is 29.3. The van der Waals surface area contributed by atoms with Crippen molar-refractivity contribution < 1.29 is 28.3 Å². The third kappa shape index (κ3) is 18.3. The Hall–Kier alpha value is -0.690. The largest absolute Gasteiger partial charge is 0.379 e. The Morgan fingerprint density at radius 1 is 0.500 bits per heavy atom. The lowest BCUT2D eigenvalue weighted by Gasteiger charge is -2.42. The molecule has 10 nitrogen and oxygen atoms in total. The van der Waals surface area contributed by atoms with E-state index in [4.69, 9.17) is 23.7 Å². The number of hydrogen-bond acceptors (Lipinski definition) is 9. The van der Waals surface area contributed by atoms with Crippen molar-refractivity contribution in [3.8, 4) is 0 Å². The summed E-state index contributed by atoms with van der Waals surface area (Å²) in [4.78, 5) is 10.0. The van der Waals surface area contributed by atoms with Crippen LogP contribution in [0.5, 0.6) is 0 Å². The number of rotatable bonds is 0. The molecule has 0 amide bonds. The fraction of sp³-hybridized carbons (Fsp3) is 0.977. The Bertz CT molecular complexity index is 1020. The molecule has 320 valence electrons. The van der Waals surface area contributed by atoms with Crippen LogP contribution in [0.2, 0.25) is 0 Å². The van der Waals surface area contributed by atoms with Gasteiger partial charge < -0.3 is 23.7 Å². The first-order valence-electron chi connectivity index (χ1n) is 21.4. The number of nitrogens with zero attached hydrogens (tertiary/aromatic N) is 5. The van der Waals surface area contributed by atoms with Crippen LogP contribution in [-0.4, -0.2) is 181 Å². The van der Waals surface area contributed by atoms with Crippen molar-refractivity contribution in [2.24, 2.45) is 0 Å². The van der Waals surface area contributed by atoms with Crippen LogP contribution in [0.1, 0.15) is 131 Å². The Balaban J connectivity index is 0.000000234. The third-order valence-corrected chi connectivity index (χ3v) is 11.2. The lowest BCUT2D eigenvalue weighted by atomic mass is 10.0. The number of morpholine rings is 4. The fourth-order valence-corrected chi connectivity index (χ4v) is 7.93. The topological polar surface area (TPSA) is 62.1 Å². The summed E-state index contributed by atoms with van der Waals surface area (Å²) in [5.74, 6) is 0. The quantitative estimate of drug-likeness (QED) is 0.252. The molecule has 0 aromatic rings. The third-order valence-electron chi connectivity index (χ3n) is 11.2. The van der Waals surface area contributed by atoms with Crippen molar-refractivity contribution in [3.63, 3.8) is 0 Å². The van der Waals surface area contributed by atoms with Gasteiger partial charge in [-0.05, 0) is 131 Å². The molecular weight excluding hydrogens is 679 g/mol. The minimum atomic E-state index is 0.268. The van der Waals surface area contributed by atoms with Crippen LogP contribution in [-0.2, 0) is 23.7 Å². The van der Waals surface area contributed by atoms with Crippen molar-refractivity contribution in [1.29, 1.82) is 0 Å². The highest BCUT2D eigenvalue weighted by Gasteiger charge is 2.37. The van der Waals surface area contributed by atoms with Gasteiger partial charge in [0, 0.05) is 73.5 Å². The van der Waals surface area contributed by atoms with Gasteiger partial charge in [0.2, 0.25) is 0 Å². The van der Waals surface area contributed by atoms with Crippen LogP contribution in [0.3, 0.4) is 0 Å². The van der Waals surface area contributed by atoms with E-state index in [0.29, 0.717) is 46.4 Å². The summed E-state index contributed by atoms with van der Waals surface area (Å²) in [5, 5.41) is 0. The molecule has 0 aliphatic carbocycles. The fourth-order valence-electron chi connectivity index (χ4n) is 7.93. The molecule has 0 N–H and O–H groups in total. The second-order valence-corrected chi connectivity index (χ2v) is 21.0. The Kier molecular flexibility index (Phi) is 20.1. The molecule has 0 radical (unpaired) electrons. The number of likely N-dealkylation sites (tertiary alicyclic amines) is 1. The first-order chi connectivity index (χ1) is 24.8. The predicted octanol–water partition coefficient (Wildman–Crippen LogP) is 6.67. The molecule has 6 rings (SSSR count). The van der Waals surface area contributed by atoms with E-state index in [9.17, 15) is 0 Å². The van der Waals surface area contributed by atoms with Crippen molar-refractivity contribution in [2.45, 2.75) is 183 Å². The highest BCUT2D eigenvalue weighted by molar-refractivity contribution is 5.53. The molecule has 6 aliphatic heterocycles. The monoisotopic (exact) mass is 769 g/mol. The normalized spacial score (nSPS) is 28.1. The average molecular weight is 769 g/mol. The van der Waals surface area contributed by atoms with E-state index in [2.05, 4.69) is 148 Å². The lowest BCUT2D eigenvalue weighted by molar-refractivity contribution is -0.601. The molecule has 6 heterocycles. The molecule has 10 heteroatoms. The van der Waals surface area contributed by atoms with E-state index >= 15 is 0 Å². The zero-order valence-electron chi connectivity index (χ0n) is 38.7. The van der Waals surface area contributed by atoms with E-state index in [1.54, 1.807) is 0 Å². The molecular formula is C44H90N5O5+. The first kappa shape index (κ1) is 49.5. The zero-order chi connectivity index (χ0) is 41.0. The van der Waals surface area contributed by atoms with Crippen molar-refractivity contribution >= 4 is 6.21 Å². The first-order valence-corrected chi connectivity index (χ1v) is 21.4. The van der Waals surface area contributed by atoms with E-state index in [1.165, 1.54) is 12.8 Å². The predicted molar refractivity (Wildman–Crippen MR) is 227 cm³/mol. The van der Waals surface area contributed by atoms with Crippen LogP contribution in [0.25, 0.3) is 0 Å². The van der Waals surface area contributed by atoms with Gasteiger partial charge in [-0.25, -0.2) is 4.58 Å². The van der Waals surface area contributed by atoms with Gasteiger partial charge in [-0.15, -0.1) is 0 Å². The number of fused-ring (bicyclic) bond motifs is 2. The summed E-state index contributed by atoms with van der Waals surface area (Å²) in [5.41, 5.74) is 1.50. The summed E-state index contributed by atoms with van der Waals surface area (Å²) in [7, 11) is 0. The van der Waals surface area contributed by atoms with Crippen LogP contribution >= 0.6 is 0 Å². The number of hydrogen-bond donors (Lipinski definition) is 0. The smallest absolute Gasteiger partial charge is 0.166 e. The van der Waals surface area contributed by atoms with Crippen LogP contribution in [0.4, 0.5) is 0 Å². The lowest BCUT2D eigenvalue weighted by Crippen LogP contribution is -2.53. The molecule has 5 saturated heterocycles. The van der Waals surface area contributed by atoms with Crippen molar-refractivity contribution in [1.82, 2.24) is 19.6 Å². The molecule has 5 fully saturated rings. The maximum Gasteiger partial charge on any atom is 0.166 e. The maximum atomic E-state index is 5.78. The van der Waals surface area contributed by atoms with Crippen LogP contribution in [0, 0.1) is 0 Å². The highest BCUT2D eigenvalue weighted by atomic mass is 16.5. The van der Waals surface area contributed by atoms with Crippen molar-refractivity contribution in [3.05, 3.63) is 0 Å². The van der Waals surface area contributed by atoms with Gasteiger partial charge in [-0.2, -0.15) is 0 Å². The second kappa shape index (κ2) is 21.9. The van der Waals surface area contributed by atoms with Gasteiger partial charge in [-0.1, -0.05) is 0 Å². The highest BCUT2D eigenvalue weighted by Crippen LogP contribution is 2.30. The zero-order valence-corrected chi connectivity index (χ0v) is 38.7. The van der Waals surface area contributed by atoms with Crippen molar-refractivity contribution in [2.75, 3.05) is 98.7 Å². The van der Waals surface area contributed by atoms with E-state index in [0.717, 1.165) is 98.7 Å². The van der Waals surface area contributed by atoms with E-state index < -0.39 is 0 Å².